The number of rotatable bonds is 3. The van der Waals surface area contributed by atoms with Crippen molar-refractivity contribution in [2.75, 3.05) is 19.6 Å². The number of amides is 1. The quantitative estimate of drug-likeness (QED) is 0.946. The fraction of sp³-hybridized carbons (Fsp3) is 0.412. The highest BCUT2D eigenvalue weighted by molar-refractivity contribution is 7.13. The molecule has 4 nitrogen and oxygen atoms in total. The van der Waals surface area contributed by atoms with Crippen molar-refractivity contribution in [3.63, 3.8) is 0 Å². The molecule has 0 spiro atoms. The van der Waals surface area contributed by atoms with Gasteiger partial charge in [0.15, 0.2) is 0 Å². The van der Waals surface area contributed by atoms with E-state index in [1.165, 1.54) is 5.56 Å². The van der Waals surface area contributed by atoms with Crippen molar-refractivity contribution in [1.82, 2.24) is 15.2 Å². The highest BCUT2D eigenvalue weighted by Gasteiger charge is 2.21. The molecule has 116 valence electrons. The SMILES string of the molecule is Cc1cccc(-c2nc(CC(=O)N3CCNC(C)C3)cs2)c1. The predicted octanol–water partition coefficient (Wildman–Crippen LogP) is 2.48. The van der Waals surface area contributed by atoms with E-state index in [9.17, 15) is 4.79 Å². The molecule has 2 heterocycles. The van der Waals surface area contributed by atoms with E-state index in [0.717, 1.165) is 35.9 Å². The summed E-state index contributed by atoms with van der Waals surface area (Å²) in [7, 11) is 0. The Labute approximate surface area is 135 Å². The zero-order valence-corrected chi connectivity index (χ0v) is 13.8. The van der Waals surface area contributed by atoms with E-state index >= 15 is 0 Å². The second kappa shape index (κ2) is 6.58. The zero-order valence-electron chi connectivity index (χ0n) is 13.0. The average Bonchev–Trinajstić information content (AvgIpc) is 2.96. The molecule has 0 aliphatic carbocycles. The summed E-state index contributed by atoms with van der Waals surface area (Å²) in [6.07, 6.45) is 0.398. The molecule has 1 saturated heterocycles. The number of hydrogen-bond acceptors (Lipinski definition) is 4. The van der Waals surface area contributed by atoms with E-state index in [1.807, 2.05) is 16.3 Å². The third-order valence-electron chi connectivity index (χ3n) is 3.87. The maximum absolute atomic E-state index is 12.4. The summed E-state index contributed by atoms with van der Waals surface area (Å²) in [4.78, 5) is 18.9. The first-order valence-corrected chi connectivity index (χ1v) is 8.52. The van der Waals surface area contributed by atoms with E-state index in [2.05, 4.69) is 42.3 Å². The van der Waals surface area contributed by atoms with E-state index in [0.29, 0.717) is 12.5 Å². The average molecular weight is 315 g/mol. The molecule has 1 atom stereocenters. The van der Waals surface area contributed by atoms with Crippen LogP contribution in [0.5, 0.6) is 0 Å². The van der Waals surface area contributed by atoms with E-state index < -0.39 is 0 Å². The Morgan fingerprint density at radius 1 is 1.50 bits per heavy atom. The number of thiazole rings is 1. The number of benzene rings is 1. The fourth-order valence-corrected chi connectivity index (χ4v) is 3.54. The Morgan fingerprint density at radius 3 is 3.14 bits per heavy atom. The monoisotopic (exact) mass is 315 g/mol. The van der Waals surface area contributed by atoms with Crippen LogP contribution in [0.2, 0.25) is 0 Å². The molecule has 2 aromatic rings. The van der Waals surface area contributed by atoms with Crippen LogP contribution in [0.1, 0.15) is 18.2 Å². The largest absolute Gasteiger partial charge is 0.340 e. The minimum atomic E-state index is 0.175. The second-order valence-corrected chi connectivity index (χ2v) is 6.74. The first kappa shape index (κ1) is 15.2. The summed E-state index contributed by atoms with van der Waals surface area (Å²) >= 11 is 1.61. The van der Waals surface area contributed by atoms with Crippen molar-refractivity contribution >= 4 is 17.2 Å². The van der Waals surface area contributed by atoms with Crippen LogP contribution in [-0.4, -0.2) is 41.5 Å². The normalized spacial score (nSPS) is 18.5. The summed E-state index contributed by atoms with van der Waals surface area (Å²) in [5.41, 5.74) is 3.22. The lowest BCUT2D eigenvalue weighted by Crippen LogP contribution is -2.51. The Hall–Kier alpha value is -1.72. The third kappa shape index (κ3) is 3.54. The molecular formula is C17H21N3OS. The lowest BCUT2D eigenvalue weighted by molar-refractivity contribution is -0.131. The zero-order chi connectivity index (χ0) is 15.5. The van der Waals surface area contributed by atoms with Crippen LogP contribution < -0.4 is 5.32 Å². The molecule has 1 aromatic heterocycles. The lowest BCUT2D eigenvalue weighted by Gasteiger charge is -2.31. The minimum Gasteiger partial charge on any atom is -0.340 e. The van der Waals surface area contributed by atoms with Crippen molar-refractivity contribution in [2.24, 2.45) is 0 Å². The fourth-order valence-electron chi connectivity index (χ4n) is 2.72. The molecule has 1 aromatic carbocycles. The van der Waals surface area contributed by atoms with Crippen molar-refractivity contribution in [1.29, 1.82) is 0 Å². The molecule has 22 heavy (non-hydrogen) atoms. The van der Waals surface area contributed by atoms with Crippen molar-refractivity contribution in [3.8, 4) is 10.6 Å². The molecule has 1 N–H and O–H groups in total. The van der Waals surface area contributed by atoms with Gasteiger partial charge in [0, 0.05) is 36.6 Å². The van der Waals surface area contributed by atoms with Crippen molar-refractivity contribution in [3.05, 3.63) is 40.9 Å². The summed E-state index contributed by atoms with van der Waals surface area (Å²) in [6, 6.07) is 8.68. The van der Waals surface area contributed by atoms with Crippen LogP contribution in [0.4, 0.5) is 0 Å². The number of piperazine rings is 1. The number of nitrogens with one attached hydrogen (secondary N) is 1. The Morgan fingerprint density at radius 2 is 2.36 bits per heavy atom. The van der Waals surface area contributed by atoms with Gasteiger partial charge in [-0.15, -0.1) is 11.3 Å². The molecule has 0 radical (unpaired) electrons. The maximum Gasteiger partial charge on any atom is 0.228 e. The summed E-state index contributed by atoms with van der Waals surface area (Å²) in [6.45, 7) is 6.63. The van der Waals surface area contributed by atoms with Crippen LogP contribution in [0.3, 0.4) is 0 Å². The van der Waals surface area contributed by atoms with Gasteiger partial charge in [0.1, 0.15) is 5.01 Å². The van der Waals surface area contributed by atoms with Crippen molar-refractivity contribution in [2.45, 2.75) is 26.3 Å². The Bertz CT molecular complexity index is 667. The number of carbonyl (C=O) groups excluding carboxylic acids is 1. The Balaban J connectivity index is 1.68. The molecular weight excluding hydrogens is 294 g/mol. The number of aromatic nitrogens is 1. The first-order chi connectivity index (χ1) is 10.6. The van der Waals surface area contributed by atoms with Gasteiger partial charge < -0.3 is 10.2 Å². The molecule has 0 saturated carbocycles. The minimum absolute atomic E-state index is 0.175. The molecule has 5 heteroatoms. The van der Waals surface area contributed by atoms with Crippen molar-refractivity contribution < 1.29 is 4.79 Å². The Kier molecular flexibility index (Phi) is 4.55. The van der Waals surface area contributed by atoms with Crippen LogP contribution >= 0.6 is 11.3 Å². The number of hydrogen-bond donors (Lipinski definition) is 1. The summed E-state index contributed by atoms with van der Waals surface area (Å²) in [5, 5.41) is 6.34. The molecule has 1 unspecified atom stereocenters. The van der Waals surface area contributed by atoms with Crippen LogP contribution in [-0.2, 0) is 11.2 Å². The van der Waals surface area contributed by atoms with Gasteiger partial charge in [-0.3, -0.25) is 4.79 Å². The van der Waals surface area contributed by atoms with Crippen LogP contribution in [0.15, 0.2) is 29.6 Å². The molecule has 1 amide bonds. The maximum atomic E-state index is 12.4. The highest BCUT2D eigenvalue weighted by Crippen LogP contribution is 2.24. The third-order valence-corrected chi connectivity index (χ3v) is 4.81. The predicted molar refractivity (Wildman–Crippen MR) is 90.0 cm³/mol. The molecule has 1 aliphatic rings. The number of nitrogens with zero attached hydrogens (tertiary/aromatic N) is 2. The smallest absolute Gasteiger partial charge is 0.228 e. The standard InChI is InChI=1S/C17H21N3OS/c1-12-4-3-5-14(8-12)17-19-15(11-22-17)9-16(21)20-7-6-18-13(2)10-20/h3-5,8,11,13,18H,6-7,9-10H2,1-2H3. The number of carbonyl (C=O) groups is 1. The van der Waals surface area contributed by atoms with Gasteiger partial charge in [-0.1, -0.05) is 23.8 Å². The van der Waals surface area contributed by atoms with Gasteiger partial charge in [-0.25, -0.2) is 4.98 Å². The van der Waals surface area contributed by atoms with Gasteiger partial charge in [0.2, 0.25) is 5.91 Å². The van der Waals surface area contributed by atoms with E-state index in [4.69, 9.17) is 0 Å². The van der Waals surface area contributed by atoms with Gasteiger partial charge >= 0.3 is 0 Å². The topological polar surface area (TPSA) is 45.2 Å². The van der Waals surface area contributed by atoms with E-state index in [1.54, 1.807) is 11.3 Å². The summed E-state index contributed by atoms with van der Waals surface area (Å²) in [5.74, 6) is 0.175. The van der Waals surface area contributed by atoms with Crippen LogP contribution in [0.25, 0.3) is 10.6 Å². The molecule has 3 rings (SSSR count). The first-order valence-electron chi connectivity index (χ1n) is 7.64. The van der Waals surface area contributed by atoms with Gasteiger partial charge in [0.25, 0.3) is 0 Å². The van der Waals surface area contributed by atoms with Gasteiger partial charge in [-0.2, -0.15) is 0 Å². The van der Waals surface area contributed by atoms with E-state index in [-0.39, 0.29) is 5.91 Å². The summed E-state index contributed by atoms with van der Waals surface area (Å²) < 4.78 is 0. The number of aryl methyl sites for hydroxylation is 1. The molecule has 1 aliphatic heterocycles. The molecule has 1 fully saturated rings. The molecule has 0 bridgehead atoms. The van der Waals surface area contributed by atoms with Gasteiger partial charge in [-0.05, 0) is 19.9 Å². The highest BCUT2D eigenvalue weighted by atomic mass is 32.1. The lowest BCUT2D eigenvalue weighted by atomic mass is 10.1. The second-order valence-electron chi connectivity index (χ2n) is 5.89. The van der Waals surface area contributed by atoms with Gasteiger partial charge in [0.05, 0.1) is 12.1 Å². The van der Waals surface area contributed by atoms with Crippen LogP contribution in [0, 0.1) is 6.92 Å².